The molecular weight excluding hydrogens is 346 g/mol. The van der Waals surface area contributed by atoms with Gasteiger partial charge in [-0.05, 0) is 25.2 Å². The minimum atomic E-state index is 0.0979. The van der Waals surface area contributed by atoms with Crippen LogP contribution in [0.15, 0.2) is 12.2 Å². The molecule has 3 fully saturated rings. The Kier molecular flexibility index (Phi) is 7.67. The number of likely N-dealkylation sites (tertiary alicyclic amines) is 2. The largest absolute Gasteiger partial charge is 0.383 e. The molecule has 7 heteroatoms. The van der Waals surface area contributed by atoms with Crippen LogP contribution in [0.4, 0.5) is 0 Å². The summed E-state index contributed by atoms with van der Waals surface area (Å²) in [5, 5.41) is 0. The Morgan fingerprint density at radius 2 is 2.07 bits per heavy atom. The first-order valence-corrected chi connectivity index (χ1v) is 10.2. The lowest BCUT2D eigenvalue weighted by molar-refractivity contribution is -0.136. The summed E-state index contributed by atoms with van der Waals surface area (Å²) >= 11 is 0. The van der Waals surface area contributed by atoms with E-state index < -0.39 is 0 Å². The number of morpholine rings is 1. The van der Waals surface area contributed by atoms with Crippen molar-refractivity contribution in [3.63, 3.8) is 0 Å². The molecule has 0 aromatic heterocycles. The van der Waals surface area contributed by atoms with Crippen LogP contribution >= 0.6 is 0 Å². The minimum Gasteiger partial charge on any atom is -0.383 e. The fraction of sp³-hybridized carbons (Fsp3) is 0.800. The molecule has 3 aliphatic rings. The number of fused-ring (bicyclic) bond motifs is 1. The van der Waals surface area contributed by atoms with Crippen LogP contribution in [0.2, 0.25) is 0 Å². The lowest BCUT2D eigenvalue weighted by Crippen LogP contribution is -2.53. The molecule has 0 saturated carbocycles. The van der Waals surface area contributed by atoms with Gasteiger partial charge < -0.3 is 19.3 Å². The monoisotopic (exact) mass is 379 g/mol. The topological polar surface area (TPSA) is 62.3 Å². The molecule has 0 bridgehead atoms. The maximum atomic E-state index is 12.6. The molecular formula is C20H33N3O4. The molecule has 0 aromatic carbocycles. The molecule has 2 amide bonds. The van der Waals surface area contributed by atoms with Crippen LogP contribution in [0.1, 0.15) is 25.7 Å². The van der Waals surface area contributed by atoms with Gasteiger partial charge in [0, 0.05) is 64.9 Å². The summed E-state index contributed by atoms with van der Waals surface area (Å²) in [6.07, 6.45) is 7.11. The van der Waals surface area contributed by atoms with Crippen molar-refractivity contribution in [3.05, 3.63) is 12.2 Å². The molecule has 3 aliphatic heterocycles. The highest BCUT2D eigenvalue weighted by Crippen LogP contribution is 2.30. The molecule has 3 saturated heterocycles. The number of hydrogen-bond donors (Lipinski definition) is 0. The summed E-state index contributed by atoms with van der Waals surface area (Å²) in [5.74, 6) is 0.712. The van der Waals surface area contributed by atoms with E-state index in [4.69, 9.17) is 9.47 Å². The lowest BCUT2D eigenvalue weighted by Gasteiger charge is -2.42. The summed E-state index contributed by atoms with van der Waals surface area (Å²) in [4.78, 5) is 31.3. The number of methoxy groups -OCH3 is 1. The third kappa shape index (κ3) is 5.53. The molecule has 0 spiro atoms. The number of rotatable bonds is 6. The lowest BCUT2D eigenvalue weighted by atomic mass is 9.88. The van der Waals surface area contributed by atoms with Gasteiger partial charge >= 0.3 is 0 Å². The standard InChI is InChI=1S/C20H33N3O4/c1-26-13-12-23-18-7-9-22(16-17(18)4-2-5-20(23)25)19(24)6-3-8-21-10-14-27-15-11-21/h3,6,17-18H,2,4-5,7-16H2,1H3/b6-3+/t17-,18+/m0/s1. The fourth-order valence-electron chi connectivity index (χ4n) is 4.43. The van der Waals surface area contributed by atoms with Gasteiger partial charge in [0.05, 0.1) is 19.8 Å². The van der Waals surface area contributed by atoms with Gasteiger partial charge in [0.1, 0.15) is 0 Å². The molecule has 0 N–H and O–H groups in total. The highest BCUT2D eigenvalue weighted by Gasteiger charge is 2.38. The van der Waals surface area contributed by atoms with Gasteiger partial charge in [-0.2, -0.15) is 0 Å². The molecule has 3 heterocycles. The van der Waals surface area contributed by atoms with E-state index >= 15 is 0 Å². The molecule has 0 unspecified atom stereocenters. The smallest absolute Gasteiger partial charge is 0.246 e. The van der Waals surface area contributed by atoms with Crippen LogP contribution in [-0.4, -0.2) is 98.8 Å². The Balaban J connectivity index is 1.53. The van der Waals surface area contributed by atoms with E-state index in [9.17, 15) is 9.59 Å². The van der Waals surface area contributed by atoms with E-state index in [2.05, 4.69) is 4.90 Å². The minimum absolute atomic E-state index is 0.0979. The first kappa shape index (κ1) is 20.3. The molecule has 27 heavy (non-hydrogen) atoms. The molecule has 0 aromatic rings. The van der Waals surface area contributed by atoms with Gasteiger partial charge in [-0.25, -0.2) is 0 Å². The van der Waals surface area contributed by atoms with Crippen LogP contribution in [0.25, 0.3) is 0 Å². The molecule has 0 aliphatic carbocycles. The van der Waals surface area contributed by atoms with Crippen LogP contribution in [-0.2, 0) is 19.1 Å². The van der Waals surface area contributed by atoms with Crippen molar-refractivity contribution in [2.45, 2.75) is 31.7 Å². The predicted molar refractivity (Wildman–Crippen MR) is 102 cm³/mol. The van der Waals surface area contributed by atoms with E-state index in [1.165, 1.54) is 0 Å². The average Bonchev–Trinajstić information content (AvgIpc) is 2.84. The van der Waals surface area contributed by atoms with Crippen LogP contribution in [0, 0.1) is 5.92 Å². The first-order chi connectivity index (χ1) is 13.2. The Morgan fingerprint density at radius 3 is 2.85 bits per heavy atom. The summed E-state index contributed by atoms with van der Waals surface area (Å²) in [5.41, 5.74) is 0. The summed E-state index contributed by atoms with van der Waals surface area (Å²) in [6, 6.07) is 0.247. The van der Waals surface area contributed by atoms with Gasteiger partial charge in [0.2, 0.25) is 11.8 Å². The van der Waals surface area contributed by atoms with Crippen molar-refractivity contribution in [3.8, 4) is 0 Å². The SMILES string of the molecule is COCCN1C(=O)CCC[C@H]2CN(C(=O)/C=C/CN3CCOCC3)CC[C@H]21. The zero-order valence-electron chi connectivity index (χ0n) is 16.5. The van der Waals surface area contributed by atoms with Crippen molar-refractivity contribution < 1.29 is 19.1 Å². The molecule has 0 radical (unpaired) electrons. The van der Waals surface area contributed by atoms with Crippen molar-refractivity contribution in [1.82, 2.24) is 14.7 Å². The van der Waals surface area contributed by atoms with Crippen LogP contribution < -0.4 is 0 Å². The normalized spacial score (nSPS) is 27.7. The van der Waals surface area contributed by atoms with Crippen molar-refractivity contribution in [2.75, 3.05) is 66.2 Å². The van der Waals surface area contributed by atoms with Crippen molar-refractivity contribution >= 4 is 11.8 Å². The van der Waals surface area contributed by atoms with E-state index in [-0.39, 0.29) is 17.9 Å². The zero-order valence-corrected chi connectivity index (χ0v) is 16.5. The number of ether oxygens (including phenoxy) is 2. The van der Waals surface area contributed by atoms with E-state index in [0.29, 0.717) is 25.5 Å². The Hall–Kier alpha value is -1.44. The maximum Gasteiger partial charge on any atom is 0.246 e. The second-order valence-corrected chi connectivity index (χ2v) is 7.69. The molecule has 152 valence electrons. The van der Waals surface area contributed by atoms with Crippen molar-refractivity contribution in [1.29, 1.82) is 0 Å². The third-order valence-electron chi connectivity index (χ3n) is 5.96. The highest BCUT2D eigenvalue weighted by molar-refractivity contribution is 5.87. The highest BCUT2D eigenvalue weighted by atomic mass is 16.5. The Bertz CT molecular complexity index is 533. The molecule has 2 atom stereocenters. The predicted octanol–water partition coefficient (Wildman–Crippen LogP) is 0.751. The second-order valence-electron chi connectivity index (χ2n) is 7.69. The van der Waals surface area contributed by atoms with E-state index in [0.717, 1.165) is 65.2 Å². The van der Waals surface area contributed by atoms with E-state index in [1.807, 2.05) is 15.9 Å². The van der Waals surface area contributed by atoms with Gasteiger partial charge in [0.25, 0.3) is 0 Å². The zero-order chi connectivity index (χ0) is 19.1. The number of piperidine rings is 1. The van der Waals surface area contributed by atoms with Crippen LogP contribution in [0.5, 0.6) is 0 Å². The Morgan fingerprint density at radius 1 is 1.26 bits per heavy atom. The second kappa shape index (κ2) is 10.2. The number of amides is 2. The average molecular weight is 380 g/mol. The fourth-order valence-corrected chi connectivity index (χ4v) is 4.43. The number of hydrogen-bond acceptors (Lipinski definition) is 5. The summed E-state index contributed by atoms with van der Waals surface area (Å²) in [6.45, 7) is 6.90. The van der Waals surface area contributed by atoms with Gasteiger partial charge in [0.15, 0.2) is 0 Å². The maximum absolute atomic E-state index is 12.6. The van der Waals surface area contributed by atoms with Gasteiger partial charge in [-0.15, -0.1) is 0 Å². The van der Waals surface area contributed by atoms with Gasteiger partial charge in [-0.1, -0.05) is 6.08 Å². The number of carbonyl (C=O) groups excluding carboxylic acids is 2. The van der Waals surface area contributed by atoms with Crippen LogP contribution in [0.3, 0.4) is 0 Å². The van der Waals surface area contributed by atoms with Gasteiger partial charge in [-0.3, -0.25) is 14.5 Å². The summed E-state index contributed by atoms with van der Waals surface area (Å²) < 4.78 is 10.5. The number of nitrogens with zero attached hydrogens (tertiary/aromatic N) is 3. The van der Waals surface area contributed by atoms with Crippen molar-refractivity contribution in [2.24, 2.45) is 5.92 Å². The quantitative estimate of drug-likeness (QED) is 0.638. The molecule has 3 rings (SSSR count). The Labute approximate surface area is 162 Å². The first-order valence-electron chi connectivity index (χ1n) is 10.2. The molecule has 7 nitrogen and oxygen atoms in total. The van der Waals surface area contributed by atoms with E-state index in [1.54, 1.807) is 13.2 Å². The third-order valence-corrected chi connectivity index (χ3v) is 5.96. The number of carbonyl (C=O) groups is 2. The summed E-state index contributed by atoms with van der Waals surface area (Å²) in [7, 11) is 1.67.